The van der Waals surface area contributed by atoms with Crippen LogP contribution in [0.1, 0.15) is 25.8 Å². The van der Waals surface area contributed by atoms with Crippen molar-refractivity contribution >= 4 is 29.3 Å². The maximum atomic E-state index is 12.5. The van der Waals surface area contributed by atoms with Crippen LogP contribution in [0.3, 0.4) is 0 Å². The summed E-state index contributed by atoms with van der Waals surface area (Å²) in [6.45, 7) is 3.85. The average Bonchev–Trinajstić information content (AvgIpc) is 3.08. The Labute approximate surface area is 179 Å². The average molecular weight is 430 g/mol. The third kappa shape index (κ3) is 5.74. The van der Waals surface area contributed by atoms with E-state index in [0.29, 0.717) is 16.0 Å². The Bertz CT molecular complexity index is 945. The summed E-state index contributed by atoms with van der Waals surface area (Å²) in [6, 6.07) is 17.5. The van der Waals surface area contributed by atoms with Gasteiger partial charge in [0.2, 0.25) is 11.1 Å². The highest BCUT2D eigenvalue weighted by atomic mass is 35.5. The molecule has 0 spiro atoms. The predicted molar refractivity (Wildman–Crippen MR) is 118 cm³/mol. The quantitative estimate of drug-likeness (QED) is 0.418. The van der Waals surface area contributed by atoms with Crippen molar-refractivity contribution < 1.29 is 4.79 Å². The minimum Gasteiger partial charge on any atom is -0.353 e. The lowest BCUT2D eigenvalue weighted by Gasteiger charge is -2.17. The van der Waals surface area contributed by atoms with Crippen molar-refractivity contribution in [2.75, 3.05) is 5.84 Å². The van der Waals surface area contributed by atoms with E-state index >= 15 is 0 Å². The predicted octanol–water partition coefficient (Wildman–Crippen LogP) is 3.93. The van der Waals surface area contributed by atoms with E-state index in [1.54, 1.807) is 12.1 Å². The number of benzene rings is 2. The SMILES string of the molecule is C[C@@H](CCc1ccccc1)NC(=O)[C@@H](C)Sc1nnc(-c2ccc(Cl)cc2)n1N. The molecule has 6 nitrogen and oxygen atoms in total. The second-order valence-electron chi connectivity index (χ2n) is 6.88. The summed E-state index contributed by atoms with van der Waals surface area (Å²) >= 11 is 7.20. The zero-order valence-electron chi connectivity index (χ0n) is 16.4. The molecule has 1 amide bonds. The molecule has 2 atom stereocenters. The van der Waals surface area contributed by atoms with Crippen molar-refractivity contribution in [1.82, 2.24) is 20.2 Å². The molecule has 0 unspecified atom stereocenters. The second-order valence-corrected chi connectivity index (χ2v) is 8.62. The van der Waals surface area contributed by atoms with Crippen LogP contribution >= 0.6 is 23.4 Å². The van der Waals surface area contributed by atoms with Crippen molar-refractivity contribution in [1.29, 1.82) is 0 Å². The minimum absolute atomic E-state index is 0.0494. The molecule has 3 rings (SSSR count). The van der Waals surface area contributed by atoms with Gasteiger partial charge in [0.15, 0.2) is 5.82 Å². The lowest BCUT2D eigenvalue weighted by molar-refractivity contribution is -0.120. The molecule has 0 saturated carbocycles. The Morgan fingerprint density at radius 3 is 2.52 bits per heavy atom. The number of halogens is 1. The molecule has 1 heterocycles. The van der Waals surface area contributed by atoms with Crippen LogP contribution in [0.4, 0.5) is 0 Å². The molecule has 0 aliphatic rings. The van der Waals surface area contributed by atoms with Gasteiger partial charge in [-0.1, -0.05) is 53.7 Å². The number of carbonyl (C=O) groups is 1. The third-order valence-electron chi connectivity index (χ3n) is 4.52. The fraction of sp³-hybridized carbons (Fsp3) is 0.286. The molecule has 3 N–H and O–H groups in total. The van der Waals surface area contributed by atoms with Gasteiger partial charge in [-0.2, -0.15) is 0 Å². The number of thioether (sulfide) groups is 1. The van der Waals surface area contributed by atoms with Gasteiger partial charge in [0, 0.05) is 16.6 Å². The van der Waals surface area contributed by atoms with Crippen LogP contribution in [-0.4, -0.2) is 32.1 Å². The highest BCUT2D eigenvalue weighted by molar-refractivity contribution is 8.00. The van der Waals surface area contributed by atoms with Crippen molar-refractivity contribution in [2.45, 2.75) is 43.1 Å². The molecule has 29 heavy (non-hydrogen) atoms. The second kappa shape index (κ2) is 9.80. The Kier molecular flexibility index (Phi) is 7.17. The van der Waals surface area contributed by atoms with Gasteiger partial charge in [-0.3, -0.25) is 4.79 Å². The lowest BCUT2D eigenvalue weighted by Crippen LogP contribution is -2.38. The summed E-state index contributed by atoms with van der Waals surface area (Å²) in [6.07, 6.45) is 1.80. The van der Waals surface area contributed by atoms with Crippen LogP contribution in [0.25, 0.3) is 11.4 Å². The molecule has 0 aliphatic heterocycles. The topological polar surface area (TPSA) is 85.8 Å². The van der Waals surface area contributed by atoms with E-state index in [-0.39, 0.29) is 17.2 Å². The highest BCUT2D eigenvalue weighted by Gasteiger charge is 2.21. The van der Waals surface area contributed by atoms with E-state index in [0.717, 1.165) is 18.4 Å². The summed E-state index contributed by atoms with van der Waals surface area (Å²) < 4.78 is 1.40. The summed E-state index contributed by atoms with van der Waals surface area (Å²) in [5, 5.41) is 12.1. The Morgan fingerprint density at radius 2 is 1.83 bits per heavy atom. The molecule has 0 radical (unpaired) electrons. The standard InChI is InChI=1S/C21H24ClN5OS/c1-14(8-9-16-6-4-3-5-7-16)24-20(28)15(2)29-21-26-25-19(27(21)23)17-10-12-18(22)13-11-17/h3-7,10-15H,8-9,23H2,1-2H3,(H,24,28)/t14-,15+/m0/s1. The summed E-state index contributed by atoms with van der Waals surface area (Å²) in [7, 11) is 0. The lowest BCUT2D eigenvalue weighted by atomic mass is 10.1. The molecule has 1 aromatic heterocycles. The minimum atomic E-state index is -0.348. The first-order chi connectivity index (χ1) is 13.9. The fourth-order valence-corrected chi connectivity index (χ4v) is 3.73. The largest absolute Gasteiger partial charge is 0.353 e. The number of hydrogen-bond acceptors (Lipinski definition) is 5. The molecule has 0 bridgehead atoms. The van der Waals surface area contributed by atoms with Crippen LogP contribution in [0.2, 0.25) is 5.02 Å². The van der Waals surface area contributed by atoms with Crippen molar-refractivity contribution in [2.24, 2.45) is 0 Å². The van der Waals surface area contributed by atoms with Gasteiger partial charge < -0.3 is 11.2 Å². The van der Waals surface area contributed by atoms with Crippen molar-refractivity contribution in [3.05, 3.63) is 65.2 Å². The number of aromatic nitrogens is 3. The number of aryl methyl sites for hydroxylation is 1. The van der Waals surface area contributed by atoms with Gasteiger partial charge in [0.1, 0.15) is 0 Å². The van der Waals surface area contributed by atoms with Gasteiger partial charge in [0.05, 0.1) is 5.25 Å². The van der Waals surface area contributed by atoms with Gasteiger partial charge in [0.25, 0.3) is 0 Å². The van der Waals surface area contributed by atoms with E-state index in [2.05, 4.69) is 27.6 Å². The summed E-state index contributed by atoms with van der Waals surface area (Å²) in [5.74, 6) is 6.61. The van der Waals surface area contributed by atoms with Crippen LogP contribution in [0.15, 0.2) is 59.8 Å². The number of rotatable bonds is 8. The molecule has 152 valence electrons. The molecule has 3 aromatic rings. The normalized spacial score (nSPS) is 13.1. The van der Waals surface area contributed by atoms with Crippen LogP contribution in [-0.2, 0) is 11.2 Å². The monoisotopic (exact) mass is 429 g/mol. The van der Waals surface area contributed by atoms with Gasteiger partial charge in [-0.25, -0.2) is 4.68 Å². The first-order valence-electron chi connectivity index (χ1n) is 9.41. The number of amides is 1. The van der Waals surface area contributed by atoms with E-state index in [9.17, 15) is 4.79 Å². The molecule has 8 heteroatoms. The summed E-state index contributed by atoms with van der Waals surface area (Å²) in [4.78, 5) is 12.5. The van der Waals surface area contributed by atoms with Crippen LogP contribution in [0, 0.1) is 0 Å². The maximum Gasteiger partial charge on any atom is 0.233 e. The molecular formula is C21H24ClN5OS. The molecule has 0 fully saturated rings. The van der Waals surface area contributed by atoms with Crippen LogP contribution in [0.5, 0.6) is 0 Å². The third-order valence-corrected chi connectivity index (χ3v) is 5.82. The van der Waals surface area contributed by atoms with Crippen molar-refractivity contribution in [3.63, 3.8) is 0 Å². The maximum absolute atomic E-state index is 12.5. The van der Waals surface area contributed by atoms with E-state index < -0.39 is 0 Å². The molecular weight excluding hydrogens is 406 g/mol. The Morgan fingerprint density at radius 1 is 1.14 bits per heavy atom. The number of nitrogens with zero attached hydrogens (tertiary/aromatic N) is 3. The number of carbonyl (C=O) groups excluding carboxylic acids is 1. The van der Waals surface area contributed by atoms with Gasteiger partial charge >= 0.3 is 0 Å². The van der Waals surface area contributed by atoms with E-state index in [1.165, 1.54) is 22.0 Å². The first kappa shape index (κ1) is 21.2. The molecule has 2 aromatic carbocycles. The zero-order valence-corrected chi connectivity index (χ0v) is 18.0. The molecule has 0 saturated heterocycles. The number of nitrogen functional groups attached to an aromatic ring is 1. The fourth-order valence-electron chi connectivity index (χ4n) is 2.83. The number of nitrogens with two attached hydrogens (primary N) is 1. The van der Waals surface area contributed by atoms with Gasteiger partial charge in [-0.05, 0) is 56.5 Å². The summed E-state index contributed by atoms with van der Waals surface area (Å²) in [5.41, 5.74) is 2.07. The van der Waals surface area contributed by atoms with Crippen molar-refractivity contribution in [3.8, 4) is 11.4 Å². The highest BCUT2D eigenvalue weighted by Crippen LogP contribution is 2.25. The van der Waals surface area contributed by atoms with Gasteiger partial charge in [-0.15, -0.1) is 10.2 Å². The Balaban J connectivity index is 1.55. The van der Waals surface area contributed by atoms with Crippen LogP contribution < -0.4 is 11.2 Å². The molecule has 0 aliphatic carbocycles. The first-order valence-corrected chi connectivity index (χ1v) is 10.7. The Hall–Kier alpha value is -2.51. The zero-order chi connectivity index (χ0) is 20.8. The van der Waals surface area contributed by atoms with E-state index in [1.807, 2.05) is 44.2 Å². The number of nitrogens with one attached hydrogen (secondary N) is 1. The smallest absolute Gasteiger partial charge is 0.233 e. The van der Waals surface area contributed by atoms with E-state index in [4.69, 9.17) is 17.4 Å². The number of hydrogen-bond donors (Lipinski definition) is 2.